The molecule has 4 aromatic heterocycles. The van der Waals surface area contributed by atoms with Crippen LogP contribution in [0, 0.1) is 0 Å². The average molecular weight is 560 g/mol. The first-order valence-corrected chi connectivity index (χ1v) is 13.3. The van der Waals surface area contributed by atoms with Gasteiger partial charge >= 0.3 is 5.97 Å². The molecular formula is C29H30BrN5O2. The third-order valence-corrected chi connectivity index (χ3v) is 6.13. The fourth-order valence-electron chi connectivity index (χ4n) is 3.92. The SMILES string of the molecule is CCCCN(Cc1cccc(C(=O)OCC)n1)Cc1cccc(-c2cccc(-c3cccc(Br)n3)n2)n1. The zero-order chi connectivity index (χ0) is 26.0. The van der Waals surface area contributed by atoms with Crippen LogP contribution in [-0.2, 0) is 17.8 Å². The Labute approximate surface area is 226 Å². The van der Waals surface area contributed by atoms with Gasteiger partial charge in [0.2, 0.25) is 0 Å². The molecule has 7 nitrogen and oxygen atoms in total. The summed E-state index contributed by atoms with van der Waals surface area (Å²) < 4.78 is 5.88. The van der Waals surface area contributed by atoms with Crippen molar-refractivity contribution >= 4 is 21.9 Å². The number of nitrogens with zero attached hydrogens (tertiary/aromatic N) is 5. The van der Waals surface area contributed by atoms with Crippen LogP contribution >= 0.6 is 15.9 Å². The third-order valence-electron chi connectivity index (χ3n) is 5.69. The van der Waals surface area contributed by atoms with Gasteiger partial charge in [0.25, 0.3) is 0 Å². The minimum atomic E-state index is -0.397. The fraction of sp³-hybridized carbons (Fsp3) is 0.276. The molecule has 0 atom stereocenters. The van der Waals surface area contributed by atoms with E-state index in [1.807, 2.05) is 66.7 Å². The molecule has 4 heterocycles. The van der Waals surface area contributed by atoms with E-state index in [2.05, 4.69) is 37.7 Å². The molecule has 0 aromatic carbocycles. The Hall–Kier alpha value is -3.49. The Balaban J connectivity index is 1.54. The van der Waals surface area contributed by atoms with Crippen molar-refractivity contribution in [3.05, 3.63) is 94.5 Å². The molecule has 0 aliphatic carbocycles. The number of ether oxygens (including phenoxy) is 1. The second-order valence-corrected chi connectivity index (χ2v) is 9.38. The number of hydrogen-bond donors (Lipinski definition) is 0. The lowest BCUT2D eigenvalue weighted by Crippen LogP contribution is -2.25. The lowest BCUT2D eigenvalue weighted by Gasteiger charge is -2.22. The number of esters is 1. The van der Waals surface area contributed by atoms with Gasteiger partial charge in [0.15, 0.2) is 0 Å². The molecule has 0 aliphatic rings. The number of carbonyl (C=O) groups excluding carboxylic acids is 1. The van der Waals surface area contributed by atoms with Crippen molar-refractivity contribution in [3.63, 3.8) is 0 Å². The predicted octanol–water partition coefficient (Wildman–Crippen LogP) is 6.34. The molecule has 0 saturated carbocycles. The van der Waals surface area contributed by atoms with E-state index < -0.39 is 5.97 Å². The normalized spacial score (nSPS) is 11.0. The molecule has 4 rings (SSSR count). The Morgan fingerprint density at radius 1 is 0.757 bits per heavy atom. The Morgan fingerprint density at radius 3 is 1.97 bits per heavy atom. The number of unbranched alkanes of at least 4 members (excludes halogenated alkanes) is 1. The van der Waals surface area contributed by atoms with Gasteiger partial charge < -0.3 is 4.74 Å². The van der Waals surface area contributed by atoms with Gasteiger partial charge in [-0.05, 0) is 84.4 Å². The zero-order valence-corrected chi connectivity index (χ0v) is 22.7. The first kappa shape index (κ1) is 26.6. The summed E-state index contributed by atoms with van der Waals surface area (Å²) in [5.74, 6) is -0.397. The molecule has 0 spiro atoms. The number of pyridine rings is 4. The maximum Gasteiger partial charge on any atom is 0.356 e. The van der Waals surface area contributed by atoms with Crippen LogP contribution in [0.4, 0.5) is 0 Å². The molecule has 37 heavy (non-hydrogen) atoms. The molecule has 0 aliphatic heterocycles. The molecular weight excluding hydrogens is 530 g/mol. The van der Waals surface area contributed by atoms with Crippen molar-refractivity contribution in [2.24, 2.45) is 0 Å². The van der Waals surface area contributed by atoms with Gasteiger partial charge in [-0.25, -0.2) is 24.7 Å². The monoisotopic (exact) mass is 559 g/mol. The van der Waals surface area contributed by atoms with E-state index in [-0.39, 0.29) is 0 Å². The van der Waals surface area contributed by atoms with Crippen molar-refractivity contribution in [2.75, 3.05) is 13.2 Å². The summed E-state index contributed by atoms with van der Waals surface area (Å²) in [6, 6.07) is 23.2. The van der Waals surface area contributed by atoms with Crippen LogP contribution in [0.3, 0.4) is 0 Å². The summed E-state index contributed by atoms with van der Waals surface area (Å²) in [7, 11) is 0. The number of hydrogen-bond acceptors (Lipinski definition) is 7. The van der Waals surface area contributed by atoms with Crippen molar-refractivity contribution in [1.29, 1.82) is 0 Å². The fourth-order valence-corrected chi connectivity index (χ4v) is 4.27. The quantitative estimate of drug-likeness (QED) is 0.156. The van der Waals surface area contributed by atoms with Crippen molar-refractivity contribution in [3.8, 4) is 22.8 Å². The van der Waals surface area contributed by atoms with E-state index >= 15 is 0 Å². The van der Waals surface area contributed by atoms with Gasteiger partial charge in [-0.15, -0.1) is 0 Å². The maximum absolute atomic E-state index is 12.1. The van der Waals surface area contributed by atoms with Crippen LogP contribution in [0.2, 0.25) is 0 Å². The van der Waals surface area contributed by atoms with Crippen LogP contribution in [-0.4, -0.2) is 44.0 Å². The van der Waals surface area contributed by atoms with Crippen molar-refractivity contribution in [1.82, 2.24) is 24.8 Å². The summed E-state index contributed by atoms with van der Waals surface area (Å²) in [4.78, 5) is 33.2. The number of aromatic nitrogens is 4. The van der Waals surface area contributed by atoms with Gasteiger partial charge in [0, 0.05) is 13.1 Å². The summed E-state index contributed by atoms with van der Waals surface area (Å²) in [5, 5.41) is 0. The Morgan fingerprint density at radius 2 is 1.32 bits per heavy atom. The maximum atomic E-state index is 12.1. The second kappa shape index (κ2) is 13.2. The third kappa shape index (κ3) is 7.50. The number of carbonyl (C=O) groups is 1. The highest BCUT2D eigenvalue weighted by Crippen LogP contribution is 2.22. The smallest absolute Gasteiger partial charge is 0.356 e. The summed E-state index contributed by atoms with van der Waals surface area (Å²) in [6.45, 7) is 6.46. The largest absolute Gasteiger partial charge is 0.461 e. The van der Waals surface area contributed by atoms with Gasteiger partial charge in [0.1, 0.15) is 10.3 Å². The van der Waals surface area contributed by atoms with Crippen molar-refractivity contribution in [2.45, 2.75) is 39.8 Å². The molecule has 190 valence electrons. The number of halogens is 1. The highest BCUT2D eigenvalue weighted by Gasteiger charge is 2.13. The molecule has 0 radical (unpaired) electrons. The summed E-state index contributed by atoms with van der Waals surface area (Å²) in [5.41, 5.74) is 5.31. The van der Waals surface area contributed by atoms with Crippen LogP contribution in [0.5, 0.6) is 0 Å². The van der Waals surface area contributed by atoms with Crippen molar-refractivity contribution < 1.29 is 9.53 Å². The van der Waals surface area contributed by atoms with E-state index in [0.29, 0.717) is 25.4 Å². The summed E-state index contributed by atoms with van der Waals surface area (Å²) >= 11 is 3.43. The molecule has 0 bridgehead atoms. The van der Waals surface area contributed by atoms with E-state index in [1.54, 1.807) is 13.0 Å². The van der Waals surface area contributed by atoms with E-state index in [1.165, 1.54) is 0 Å². The van der Waals surface area contributed by atoms with Gasteiger partial charge in [0.05, 0.1) is 40.8 Å². The lowest BCUT2D eigenvalue weighted by atomic mass is 10.2. The van der Waals surface area contributed by atoms with Gasteiger partial charge in [-0.3, -0.25) is 4.90 Å². The second-order valence-electron chi connectivity index (χ2n) is 8.57. The Kier molecular flexibility index (Phi) is 9.46. The zero-order valence-electron chi connectivity index (χ0n) is 21.1. The lowest BCUT2D eigenvalue weighted by molar-refractivity contribution is 0.0519. The molecule has 0 unspecified atom stereocenters. The summed E-state index contributed by atoms with van der Waals surface area (Å²) in [6.07, 6.45) is 2.14. The molecule has 0 N–H and O–H groups in total. The standard InChI is InChI=1S/C29H30BrN5O2/c1-3-5-18-35(20-22-11-7-16-27(32-22)29(36)37-4-2)19-21-10-6-12-23(31-21)24-13-8-14-25(33-24)26-15-9-17-28(30)34-26/h6-17H,3-5,18-20H2,1-2H3. The van der Waals surface area contributed by atoms with E-state index in [9.17, 15) is 4.79 Å². The Bertz CT molecular complexity index is 1350. The van der Waals surface area contributed by atoms with Gasteiger partial charge in [-0.2, -0.15) is 0 Å². The first-order chi connectivity index (χ1) is 18.1. The highest BCUT2D eigenvalue weighted by molar-refractivity contribution is 9.10. The van der Waals surface area contributed by atoms with Crippen LogP contribution in [0.1, 0.15) is 48.6 Å². The average Bonchev–Trinajstić information content (AvgIpc) is 2.92. The van der Waals surface area contributed by atoms with Crippen LogP contribution < -0.4 is 0 Å². The molecule has 0 saturated heterocycles. The van der Waals surface area contributed by atoms with Crippen LogP contribution in [0.15, 0.2) is 77.4 Å². The van der Waals surface area contributed by atoms with Crippen LogP contribution in [0.25, 0.3) is 22.8 Å². The molecule has 4 aromatic rings. The predicted molar refractivity (Wildman–Crippen MR) is 148 cm³/mol. The highest BCUT2D eigenvalue weighted by atomic mass is 79.9. The van der Waals surface area contributed by atoms with Gasteiger partial charge in [-0.1, -0.05) is 37.6 Å². The minimum Gasteiger partial charge on any atom is -0.461 e. The first-order valence-electron chi connectivity index (χ1n) is 12.5. The number of rotatable bonds is 11. The molecule has 0 amide bonds. The molecule has 0 fully saturated rings. The van der Waals surface area contributed by atoms with E-state index in [4.69, 9.17) is 14.7 Å². The van der Waals surface area contributed by atoms with E-state index in [0.717, 1.165) is 58.2 Å². The molecule has 8 heteroatoms. The topological polar surface area (TPSA) is 81.1 Å². The minimum absolute atomic E-state index is 0.326.